The number of rotatable bonds is 0. The molecule has 0 saturated heterocycles. The summed E-state index contributed by atoms with van der Waals surface area (Å²) in [5.41, 5.74) is 1.94. The lowest BCUT2D eigenvalue weighted by Gasteiger charge is -2.18. The van der Waals surface area contributed by atoms with Crippen molar-refractivity contribution in [2.75, 3.05) is 0 Å². The van der Waals surface area contributed by atoms with Crippen molar-refractivity contribution in [1.82, 2.24) is 9.97 Å². The standard InChI is InChI=1S/C17H9ClN2O2/c1-8-19-14-12(17(18)20-8)7-6-11-13(14)16(22)10-5-3-2-4-9(10)15(11)21/h2-7H,1H3. The number of aromatic nitrogens is 2. The molecule has 3 aromatic rings. The number of carbonyl (C=O) groups is 2. The minimum absolute atomic E-state index is 0.167. The van der Waals surface area contributed by atoms with E-state index in [4.69, 9.17) is 11.6 Å². The molecule has 4 rings (SSSR count). The van der Waals surface area contributed by atoms with Crippen LogP contribution in [0, 0.1) is 6.92 Å². The first-order chi connectivity index (χ1) is 10.6. The molecule has 1 aliphatic carbocycles. The molecule has 0 aliphatic heterocycles. The molecule has 1 heterocycles. The van der Waals surface area contributed by atoms with E-state index in [0.717, 1.165) is 0 Å². The van der Waals surface area contributed by atoms with Gasteiger partial charge in [-0.05, 0) is 19.1 Å². The number of halogens is 1. The molecule has 2 aromatic carbocycles. The summed E-state index contributed by atoms with van der Waals surface area (Å²) in [5.74, 6) is 0.0921. The van der Waals surface area contributed by atoms with Crippen LogP contribution in [-0.2, 0) is 0 Å². The molecule has 5 heteroatoms. The maximum atomic E-state index is 12.8. The Morgan fingerprint density at radius 2 is 1.55 bits per heavy atom. The fourth-order valence-corrected chi connectivity index (χ4v) is 3.12. The second kappa shape index (κ2) is 4.45. The SMILES string of the molecule is Cc1nc(Cl)c2ccc3c(c2n1)C(=O)c1ccccc1C3=O. The zero-order valence-electron chi connectivity index (χ0n) is 11.6. The minimum atomic E-state index is -0.204. The molecule has 0 radical (unpaired) electrons. The number of hydrogen-bond donors (Lipinski definition) is 0. The van der Waals surface area contributed by atoms with Gasteiger partial charge in [-0.1, -0.05) is 35.9 Å². The smallest absolute Gasteiger partial charge is 0.196 e. The summed E-state index contributed by atoms with van der Waals surface area (Å²) < 4.78 is 0. The third-order valence-corrected chi connectivity index (χ3v) is 4.11. The van der Waals surface area contributed by atoms with Crippen molar-refractivity contribution in [2.24, 2.45) is 0 Å². The molecule has 1 aromatic heterocycles. The number of benzene rings is 2. The van der Waals surface area contributed by atoms with Crippen LogP contribution in [0.5, 0.6) is 0 Å². The van der Waals surface area contributed by atoms with E-state index in [1.165, 1.54) is 0 Å². The van der Waals surface area contributed by atoms with Crippen molar-refractivity contribution < 1.29 is 9.59 Å². The van der Waals surface area contributed by atoms with Gasteiger partial charge in [0, 0.05) is 22.1 Å². The quantitative estimate of drug-likeness (QED) is 0.467. The van der Waals surface area contributed by atoms with Crippen molar-refractivity contribution >= 4 is 34.1 Å². The Labute approximate surface area is 130 Å². The lowest BCUT2D eigenvalue weighted by Crippen LogP contribution is -2.21. The molecule has 0 saturated carbocycles. The molecule has 0 amide bonds. The Balaban J connectivity index is 2.15. The third-order valence-electron chi connectivity index (χ3n) is 3.82. The molecule has 0 bridgehead atoms. The summed E-state index contributed by atoms with van der Waals surface area (Å²) in [7, 11) is 0. The second-order valence-corrected chi connectivity index (χ2v) is 5.51. The number of carbonyl (C=O) groups excluding carboxylic acids is 2. The maximum absolute atomic E-state index is 12.8. The van der Waals surface area contributed by atoms with E-state index >= 15 is 0 Å². The molecule has 4 nitrogen and oxygen atoms in total. The highest BCUT2D eigenvalue weighted by atomic mass is 35.5. The summed E-state index contributed by atoms with van der Waals surface area (Å²) in [5, 5.41) is 0.857. The first-order valence-corrected chi connectivity index (χ1v) is 7.11. The van der Waals surface area contributed by atoms with Gasteiger partial charge in [0.25, 0.3) is 0 Å². The van der Waals surface area contributed by atoms with Crippen LogP contribution in [0.3, 0.4) is 0 Å². The number of aryl methyl sites for hydroxylation is 1. The molecular weight excluding hydrogens is 300 g/mol. The van der Waals surface area contributed by atoms with Crippen molar-refractivity contribution in [3.05, 3.63) is 69.6 Å². The fourth-order valence-electron chi connectivity index (χ4n) is 2.84. The fraction of sp³-hybridized carbons (Fsp3) is 0.0588. The molecule has 1 aliphatic rings. The summed E-state index contributed by atoms with van der Waals surface area (Å²) in [4.78, 5) is 33.9. The van der Waals surface area contributed by atoms with Crippen LogP contribution in [0.15, 0.2) is 36.4 Å². The van der Waals surface area contributed by atoms with Crippen LogP contribution in [-0.4, -0.2) is 21.5 Å². The number of ketones is 2. The summed E-state index contributed by atoms with van der Waals surface area (Å²) in [6.07, 6.45) is 0. The lowest BCUT2D eigenvalue weighted by atomic mass is 9.83. The van der Waals surface area contributed by atoms with E-state index in [0.29, 0.717) is 39.0 Å². The molecule has 0 atom stereocenters. The van der Waals surface area contributed by atoms with Gasteiger partial charge in [0.15, 0.2) is 11.6 Å². The van der Waals surface area contributed by atoms with E-state index in [-0.39, 0.29) is 16.7 Å². The van der Waals surface area contributed by atoms with Gasteiger partial charge >= 0.3 is 0 Å². The van der Waals surface area contributed by atoms with Gasteiger partial charge < -0.3 is 0 Å². The van der Waals surface area contributed by atoms with Gasteiger partial charge in [-0.15, -0.1) is 0 Å². The average molecular weight is 309 g/mol. The lowest BCUT2D eigenvalue weighted by molar-refractivity contribution is 0.0980. The Morgan fingerprint density at radius 1 is 0.864 bits per heavy atom. The van der Waals surface area contributed by atoms with Crippen molar-refractivity contribution in [3.63, 3.8) is 0 Å². The van der Waals surface area contributed by atoms with E-state index in [9.17, 15) is 9.59 Å². The zero-order valence-corrected chi connectivity index (χ0v) is 12.3. The number of hydrogen-bond acceptors (Lipinski definition) is 4. The van der Waals surface area contributed by atoms with Gasteiger partial charge in [0.2, 0.25) is 0 Å². The van der Waals surface area contributed by atoms with Gasteiger partial charge in [0.05, 0.1) is 11.1 Å². The monoisotopic (exact) mass is 308 g/mol. The summed E-state index contributed by atoms with van der Waals surface area (Å²) in [6.45, 7) is 1.70. The van der Waals surface area contributed by atoms with Crippen molar-refractivity contribution in [2.45, 2.75) is 6.92 Å². The minimum Gasteiger partial charge on any atom is -0.289 e. The van der Waals surface area contributed by atoms with Crippen molar-refractivity contribution in [1.29, 1.82) is 0 Å². The largest absolute Gasteiger partial charge is 0.289 e. The molecular formula is C17H9ClN2O2. The normalized spacial score (nSPS) is 13.2. The first kappa shape index (κ1) is 13.1. The molecule has 0 spiro atoms. The zero-order chi connectivity index (χ0) is 15.4. The van der Waals surface area contributed by atoms with E-state index < -0.39 is 0 Å². The van der Waals surface area contributed by atoms with Crippen LogP contribution >= 0.6 is 11.6 Å². The van der Waals surface area contributed by atoms with Crippen molar-refractivity contribution in [3.8, 4) is 0 Å². The van der Waals surface area contributed by atoms with Gasteiger partial charge in [-0.25, -0.2) is 9.97 Å². The van der Waals surface area contributed by atoms with Gasteiger partial charge in [0.1, 0.15) is 11.0 Å². The number of nitrogens with zero attached hydrogens (tertiary/aromatic N) is 2. The molecule has 106 valence electrons. The Morgan fingerprint density at radius 3 is 2.27 bits per heavy atom. The summed E-state index contributed by atoms with van der Waals surface area (Å²) in [6, 6.07) is 10.1. The topological polar surface area (TPSA) is 59.9 Å². The summed E-state index contributed by atoms with van der Waals surface area (Å²) >= 11 is 6.14. The predicted molar refractivity (Wildman–Crippen MR) is 82.6 cm³/mol. The van der Waals surface area contributed by atoms with Crippen LogP contribution < -0.4 is 0 Å². The van der Waals surface area contributed by atoms with Crippen LogP contribution in [0.25, 0.3) is 10.9 Å². The van der Waals surface area contributed by atoms with Gasteiger partial charge in [-0.2, -0.15) is 0 Å². The molecule has 22 heavy (non-hydrogen) atoms. The van der Waals surface area contributed by atoms with Gasteiger partial charge in [-0.3, -0.25) is 9.59 Å². The Kier molecular flexibility index (Phi) is 2.65. The third kappa shape index (κ3) is 1.64. The number of fused-ring (bicyclic) bond motifs is 4. The van der Waals surface area contributed by atoms with Crippen LogP contribution in [0.2, 0.25) is 5.15 Å². The second-order valence-electron chi connectivity index (χ2n) is 5.15. The van der Waals surface area contributed by atoms with Crippen LogP contribution in [0.1, 0.15) is 37.7 Å². The van der Waals surface area contributed by atoms with E-state index in [2.05, 4.69) is 9.97 Å². The molecule has 0 N–H and O–H groups in total. The first-order valence-electron chi connectivity index (χ1n) is 6.73. The van der Waals surface area contributed by atoms with E-state index in [1.54, 1.807) is 43.3 Å². The highest BCUT2D eigenvalue weighted by molar-refractivity contribution is 6.36. The maximum Gasteiger partial charge on any atom is 0.196 e. The molecule has 0 fully saturated rings. The average Bonchev–Trinajstić information content (AvgIpc) is 2.51. The van der Waals surface area contributed by atoms with Crippen LogP contribution in [0.4, 0.5) is 0 Å². The highest BCUT2D eigenvalue weighted by Gasteiger charge is 2.31. The Hall–Kier alpha value is -2.59. The predicted octanol–water partition coefficient (Wildman–Crippen LogP) is 3.37. The highest BCUT2D eigenvalue weighted by Crippen LogP contribution is 2.33. The molecule has 0 unspecified atom stereocenters. The van der Waals surface area contributed by atoms with E-state index in [1.807, 2.05) is 0 Å². The Bertz CT molecular complexity index is 995.